The Bertz CT molecular complexity index is 607. The molecule has 2 aromatic rings. The quantitative estimate of drug-likeness (QED) is 0.708. The third kappa shape index (κ3) is 3.62. The molecule has 1 aliphatic heterocycles. The van der Waals surface area contributed by atoms with Crippen LogP contribution < -0.4 is 5.32 Å². The summed E-state index contributed by atoms with van der Waals surface area (Å²) in [5.41, 5.74) is 2.59. The maximum atomic E-state index is 6.18. The number of hydrogen-bond donors (Lipinski definition) is 1. The van der Waals surface area contributed by atoms with Crippen molar-refractivity contribution in [3.8, 4) is 0 Å². The molecule has 1 heterocycles. The van der Waals surface area contributed by atoms with E-state index in [9.17, 15) is 0 Å². The topological polar surface area (TPSA) is 12.0 Å². The molecule has 1 fully saturated rings. The molecule has 4 heteroatoms. The monoisotopic (exact) mass is 383 g/mol. The van der Waals surface area contributed by atoms with Crippen molar-refractivity contribution in [3.63, 3.8) is 0 Å². The molecule has 2 aromatic carbocycles. The molecule has 2 unspecified atom stereocenters. The number of halogens is 3. The first-order valence-corrected chi connectivity index (χ1v) is 8.60. The summed E-state index contributed by atoms with van der Waals surface area (Å²) in [6.45, 7) is 2.01. The van der Waals surface area contributed by atoms with E-state index in [1.54, 1.807) is 6.07 Å². The van der Waals surface area contributed by atoms with E-state index in [1.807, 2.05) is 0 Å². The van der Waals surface area contributed by atoms with Crippen LogP contribution in [0.4, 0.5) is 0 Å². The van der Waals surface area contributed by atoms with Crippen LogP contribution in [0.5, 0.6) is 0 Å². The lowest BCUT2D eigenvalue weighted by Crippen LogP contribution is -2.34. The van der Waals surface area contributed by atoms with Gasteiger partial charge in [0.05, 0.1) is 0 Å². The molecule has 2 atom stereocenters. The van der Waals surface area contributed by atoms with E-state index in [0.29, 0.717) is 21.9 Å². The Morgan fingerprint density at radius 2 is 1.57 bits per heavy atom. The molecule has 1 aliphatic rings. The van der Waals surface area contributed by atoms with Crippen LogP contribution in [0.15, 0.2) is 46.9 Å². The van der Waals surface area contributed by atoms with Gasteiger partial charge >= 0.3 is 0 Å². The molecule has 3 rings (SSSR count). The smallest absolute Gasteiger partial charge is 0.0423 e. The number of piperidine rings is 1. The summed E-state index contributed by atoms with van der Waals surface area (Å²) in [5, 5.41) is 4.93. The molecule has 1 saturated heterocycles. The summed E-state index contributed by atoms with van der Waals surface area (Å²) in [5.74, 6) is 0.894. The summed E-state index contributed by atoms with van der Waals surface area (Å²) >= 11 is 15.9. The highest BCUT2D eigenvalue weighted by atomic mass is 79.9. The van der Waals surface area contributed by atoms with Gasteiger partial charge in [0.1, 0.15) is 0 Å². The van der Waals surface area contributed by atoms with Crippen molar-refractivity contribution in [2.75, 3.05) is 13.1 Å². The van der Waals surface area contributed by atoms with Gasteiger partial charge in [-0.15, -0.1) is 0 Å². The number of nitrogens with one attached hydrogen (secondary N) is 1. The molecular formula is C17H16BrCl2N. The van der Waals surface area contributed by atoms with E-state index in [2.05, 4.69) is 57.6 Å². The van der Waals surface area contributed by atoms with Crippen LogP contribution in [-0.4, -0.2) is 13.1 Å². The molecule has 21 heavy (non-hydrogen) atoms. The highest BCUT2D eigenvalue weighted by Crippen LogP contribution is 2.39. The first-order valence-electron chi connectivity index (χ1n) is 7.05. The summed E-state index contributed by atoms with van der Waals surface area (Å²) in [4.78, 5) is 0. The third-order valence-electron chi connectivity index (χ3n) is 4.09. The lowest BCUT2D eigenvalue weighted by molar-refractivity contribution is 0.404. The predicted molar refractivity (Wildman–Crippen MR) is 93.6 cm³/mol. The Balaban J connectivity index is 1.95. The molecule has 0 aromatic heterocycles. The second kappa shape index (κ2) is 6.70. The number of rotatable bonds is 2. The zero-order chi connectivity index (χ0) is 14.8. The van der Waals surface area contributed by atoms with Crippen molar-refractivity contribution in [1.82, 2.24) is 5.32 Å². The number of hydrogen-bond acceptors (Lipinski definition) is 1. The molecular weight excluding hydrogens is 369 g/mol. The van der Waals surface area contributed by atoms with Crippen molar-refractivity contribution in [1.29, 1.82) is 0 Å². The van der Waals surface area contributed by atoms with Gasteiger partial charge in [-0.05, 0) is 60.3 Å². The average Bonchev–Trinajstić information content (AvgIpc) is 2.47. The van der Waals surface area contributed by atoms with Gasteiger partial charge in [0.25, 0.3) is 0 Å². The van der Waals surface area contributed by atoms with Crippen molar-refractivity contribution < 1.29 is 0 Å². The van der Waals surface area contributed by atoms with Crippen molar-refractivity contribution in [2.45, 2.75) is 18.3 Å². The second-order valence-corrected chi connectivity index (χ2v) is 7.25. The SMILES string of the molecule is Clc1cc(Cl)cc(C2CCNCC2c2ccc(Br)cc2)c1. The predicted octanol–water partition coefficient (Wildman–Crippen LogP) is 5.62. The molecule has 0 saturated carbocycles. The summed E-state index contributed by atoms with van der Waals surface area (Å²) in [7, 11) is 0. The average molecular weight is 385 g/mol. The minimum absolute atomic E-state index is 0.446. The fraction of sp³-hybridized carbons (Fsp3) is 0.294. The van der Waals surface area contributed by atoms with Gasteiger partial charge in [0, 0.05) is 27.0 Å². The Hall–Kier alpha value is -0.540. The Labute approximate surface area is 143 Å². The van der Waals surface area contributed by atoms with Gasteiger partial charge in [-0.25, -0.2) is 0 Å². The highest BCUT2D eigenvalue weighted by molar-refractivity contribution is 9.10. The summed E-state index contributed by atoms with van der Waals surface area (Å²) < 4.78 is 1.11. The molecule has 0 bridgehead atoms. The molecule has 1 N–H and O–H groups in total. The first-order chi connectivity index (χ1) is 10.1. The highest BCUT2D eigenvalue weighted by Gasteiger charge is 2.28. The minimum Gasteiger partial charge on any atom is -0.316 e. The standard InChI is InChI=1S/C17H16BrCl2N/c18-13-3-1-11(2-4-13)17-10-21-6-5-16(17)12-7-14(19)9-15(20)8-12/h1-4,7-9,16-17,21H,5-6,10H2. The van der Waals surface area contributed by atoms with Gasteiger partial charge in [-0.3, -0.25) is 0 Å². The maximum Gasteiger partial charge on any atom is 0.0423 e. The Morgan fingerprint density at radius 1 is 0.905 bits per heavy atom. The van der Waals surface area contributed by atoms with Gasteiger partial charge in [0.15, 0.2) is 0 Å². The second-order valence-electron chi connectivity index (χ2n) is 5.46. The van der Waals surface area contributed by atoms with Crippen molar-refractivity contribution in [3.05, 3.63) is 68.1 Å². The van der Waals surface area contributed by atoms with Gasteiger partial charge in [-0.2, -0.15) is 0 Å². The lowest BCUT2D eigenvalue weighted by atomic mass is 9.77. The van der Waals surface area contributed by atoms with Crippen LogP contribution in [0, 0.1) is 0 Å². The Kier molecular flexibility index (Phi) is 4.90. The Morgan fingerprint density at radius 3 is 2.24 bits per heavy atom. The molecule has 110 valence electrons. The van der Waals surface area contributed by atoms with Crippen LogP contribution >= 0.6 is 39.1 Å². The van der Waals surface area contributed by atoms with Crippen molar-refractivity contribution >= 4 is 39.1 Å². The molecule has 0 amide bonds. The molecule has 0 spiro atoms. The van der Waals surface area contributed by atoms with Gasteiger partial charge < -0.3 is 5.32 Å². The van der Waals surface area contributed by atoms with E-state index >= 15 is 0 Å². The first kappa shape index (κ1) is 15.4. The van der Waals surface area contributed by atoms with Crippen LogP contribution in [0.25, 0.3) is 0 Å². The van der Waals surface area contributed by atoms with Crippen molar-refractivity contribution in [2.24, 2.45) is 0 Å². The fourth-order valence-corrected chi connectivity index (χ4v) is 3.91. The van der Waals surface area contributed by atoms with E-state index in [-0.39, 0.29) is 0 Å². The maximum absolute atomic E-state index is 6.18. The van der Waals surface area contributed by atoms with Crippen LogP contribution in [0.3, 0.4) is 0 Å². The van der Waals surface area contributed by atoms with Gasteiger partial charge in [0.2, 0.25) is 0 Å². The largest absolute Gasteiger partial charge is 0.316 e. The minimum atomic E-state index is 0.446. The van der Waals surface area contributed by atoms with E-state index < -0.39 is 0 Å². The normalized spacial score (nSPS) is 22.2. The van der Waals surface area contributed by atoms with E-state index in [0.717, 1.165) is 24.0 Å². The van der Waals surface area contributed by atoms with Crippen LogP contribution in [-0.2, 0) is 0 Å². The van der Waals surface area contributed by atoms with Crippen LogP contribution in [0.1, 0.15) is 29.4 Å². The van der Waals surface area contributed by atoms with Gasteiger partial charge in [-0.1, -0.05) is 51.3 Å². The van der Waals surface area contributed by atoms with E-state index in [4.69, 9.17) is 23.2 Å². The zero-order valence-corrected chi connectivity index (χ0v) is 14.5. The lowest BCUT2D eigenvalue weighted by Gasteiger charge is -2.33. The fourth-order valence-electron chi connectivity index (χ4n) is 3.11. The number of benzene rings is 2. The molecule has 1 nitrogen and oxygen atoms in total. The molecule has 0 aliphatic carbocycles. The summed E-state index contributed by atoms with van der Waals surface area (Å²) in [6.07, 6.45) is 1.09. The van der Waals surface area contributed by atoms with E-state index in [1.165, 1.54) is 11.1 Å². The molecule has 0 radical (unpaired) electrons. The third-order valence-corrected chi connectivity index (χ3v) is 5.06. The zero-order valence-electron chi connectivity index (χ0n) is 11.5. The van der Waals surface area contributed by atoms with Crippen LogP contribution in [0.2, 0.25) is 10.0 Å². The summed E-state index contributed by atoms with van der Waals surface area (Å²) in [6, 6.07) is 14.5.